The van der Waals surface area contributed by atoms with Crippen LogP contribution in [0.3, 0.4) is 0 Å². The predicted molar refractivity (Wildman–Crippen MR) is 74.0 cm³/mol. The SMILES string of the molecule is CCN(CC)c1cc(-c2ccccc2)coc1=O. The zero-order valence-corrected chi connectivity index (χ0v) is 10.7. The van der Waals surface area contributed by atoms with Crippen LogP contribution >= 0.6 is 0 Å². The Morgan fingerprint density at radius 3 is 2.33 bits per heavy atom. The Balaban J connectivity index is 2.47. The largest absolute Gasteiger partial charge is 0.429 e. The molecule has 0 atom stereocenters. The number of nitrogens with zero attached hydrogens (tertiary/aromatic N) is 1. The van der Waals surface area contributed by atoms with E-state index in [1.165, 1.54) is 6.26 Å². The van der Waals surface area contributed by atoms with Gasteiger partial charge in [-0.2, -0.15) is 0 Å². The summed E-state index contributed by atoms with van der Waals surface area (Å²) in [5.41, 5.74) is 2.33. The highest BCUT2D eigenvalue weighted by molar-refractivity contribution is 5.66. The molecule has 0 saturated carbocycles. The Kier molecular flexibility index (Phi) is 3.82. The molecule has 3 heteroatoms. The van der Waals surface area contributed by atoms with Crippen molar-refractivity contribution in [3.05, 3.63) is 53.1 Å². The van der Waals surface area contributed by atoms with E-state index < -0.39 is 0 Å². The fourth-order valence-corrected chi connectivity index (χ4v) is 1.98. The van der Waals surface area contributed by atoms with Crippen LogP contribution in [0.1, 0.15) is 13.8 Å². The summed E-state index contributed by atoms with van der Waals surface area (Å²) in [4.78, 5) is 13.8. The van der Waals surface area contributed by atoms with Crippen molar-refractivity contribution in [1.29, 1.82) is 0 Å². The molecule has 0 saturated heterocycles. The van der Waals surface area contributed by atoms with Gasteiger partial charge in [-0.25, -0.2) is 4.79 Å². The Bertz CT molecular complexity index is 556. The maximum absolute atomic E-state index is 11.8. The smallest absolute Gasteiger partial charge is 0.359 e. The first kappa shape index (κ1) is 12.4. The lowest BCUT2D eigenvalue weighted by molar-refractivity contribution is 0.510. The highest BCUT2D eigenvalue weighted by Gasteiger charge is 2.10. The molecule has 0 fully saturated rings. The molecule has 18 heavy (non-hydrogen) atoms. The molecule has 2 rings (SSSR count). The summed E-state index contributed by atoms with van der Waals surface area (Å²) in [6, 6.07) is 11.8. The van der Waals surface area contributed by atoms with Crippen LogP contribution in [0.15, 0.2) is 51.9 Å². The van der Waals surface area contributed by atoms with Crippen molar-refractivity contribution < 1.29 is 4.42 Å². The summed E-state index contributed by atoms with van der Waals surface area (Å²) < 4.78 is 5.13. The Morgan fingerprint density at radius 2 is 1.72 bits per heavy atom. The van der Waals surface area contributed by atoms with Crippen molar-refractivity contribution in [3.63, 3.8) is 0 Å². The molecule has 0 unspecified atom stereocenters. The Labute approximate surface area is 107 Å². The van der Waals surface area contributed by atoms with Gasteiger partial charge in [-0.05, 0) is 25.5 Å². The molecule has 94 valence electrons. The van der Waals surface area contributed by atoms with E-state index in [-0.39, 0.29) is 5.63 Å². The van der Waals surface area contributed by atoms with Gasteiger partial charge >= 0.3 is 5.63 Å². The van der Waals surface area contributed by atoms with Crippen LogP contribution in [0.4, 0.5) is 5.69 Å². The summed E-state index contributed by atoms with van der Waals surface area (Å²) in [5.74, 6) is 0. The molecule has 2 aromatic rings. The van der Waals surface area contributed by atoms with E-state index in [1.54, 1.807) is 0 Å². The van der Waals surface area contributed by atoms with E-state index in [1.807, 2.05) is 55.1 Å². The molecule has 1 heterocycles. The van der Waals surface area contributed by atoms with E-state index in [0.717, 1.165) is 24.2 Å². The van der Waals surface area contributed by atoms with Gasteiger partial charge in [0, 0.05) is 18.7 Å². The van der Waals surface area contributed by atoms with Gasteiger partial charge in [0.05, 0.1) is 0 Å². The van der Waals surface area contributed by atoms with E-state index >= 15 is 0 Å². The highest BCUT2D eigenvalue weighted by Crippen LogP contribution is 2.21. The third kappa shape index (κ3) is 2.45. The second kappa shape index (κ2) is 5.54. The molecule has 0 N–H and O–H groups in total. The molecular weight excluding hydrogens is 226 g/mol. The van der Waals surface area contributed by atoms with Crippen LogP contribution in [0, 0.1) is 0 Å². The molecular formula is C15H17NO2. The van der Waals surface area contributed by atoms with E-state index in [2.05, 4.69) is 0 Å². The molecule has 0 aliphatic rings. The molecule has 0 aliphatic heterocycles. The van der Waals surface area contributed by atoms with E-state index in [0.29, 0.717) is 5.69 Å². The third-order valence-electron chi connectivity index (χ3n) is 3.01. The van der Waals surface area contributed by atoms with Crippen molar-refractivity contribution in [2.24, 2.45) is 0 Å². The van der Waals surface area contributed by atoms with Crippen molar-refractivity contribution in [1.82, 2.24) is 0 Å². The minimum absolute atomic E-state index is 0.279. The molecule has 0 radical (unpaired) electrons. The number of hydrogen-bond donors (Lipinski definition) is 0. The van der Waals surface area contributed by atoms with Crippen LogP contribution in [-0.4, -0.2) is 13.1 Å². The molecule has 1 aromatic carbocycles. The summed E-state index contributed by atoms with van der Waals surface area (Å²) in [7, 11) is 0. The van der Waals surface area contributed by atoms with Gasteiger partial charge in [0.25, 0.3) is 0 Å². The van der Waals surface area contributed by atoms with Crippen molar-refractivity contribution in [3.8, 4) is 11.1 Å². The fraction of sp³-hybridized carbons (Fsp3) is 0.267. The highest BCUT2D eigenvalue weighted by atomic mass is 16.4. The molecule has 0 bridgehead atoms. The van der Waals surface area contributed by atoms with Gasteiger partial charge in [-0.15, -0.1) is 0 Å². The minimum Gasteiger partial charge on any atom is -0.429 e. The van der Waals surface area contributed by atoms with Crippen molar-refractivity contribution >= 4 is 5.69 Å². The zero-order chi connectivity index (χ0) is 13.0. The fourth-order valence-electron chi connectivity index (χ4n) is 1.98. The van der Waals surface area contributed by atoms with E-state index in [4.69, 9.17) is 4.42 Å². The summed E-state index contributed by atoms with van der Waals surface area (Å²) in [6.07, 6.45) is 1.52. The lowest BCUT2D eigenvalue weighted by Crippen LogP contribution is -2.27. The number of rotatable bonds is 4. The first-order valence-corrected chi connectivity index (χ1v) is 6.19. The summed E-state index contributed by atoms with van der Waals surface area (Å²) >= 11 is 0. The third-order valence-corrected chi connectivity index (χ3v) is 3.01. The zero-order valence-electron chi connectivity index (χ0n) is 10.7. The van der Waals surface area contributed by atoms with Crippen molar-refractivity contribution in [2.45, 2.75) is 13.8 Å². The second-order valence-electron chi connectivity index (χ2n) is 4.05. The lowest BCUT2D eigenvalue weighted by Gasteiger charge is -2.19. The number of hydrogen-bond acceptors (Lipinski definition) is 3. The topological polar surface area (TPSA) is 33.5 Å². The maximum atomic E-state index is 11.8. The van der Waals surface area contributed by atoms with Crippen molar-refractivity contribution in [2.75, 3.05) is 18.0 Å². The average molecular weight is 243 g/mol. The molecule has 0 spiro atoms. The van der Waals surface area contributed by atoms with Crippen LogP contribution < -0.4 is 10.5 Å². The molecule has 1 aromatic heterocycles. The van der Waals surface area contributed by atoms with Crippen LogP contribution in [0.25, 0.3) is 11.1 Å². The van der Waals surface area contributed by atoms with Gasteiger partial charge in [-0.3, -0.25) is 0 Å². The van der Waals surface area contributed by atoms with Gasteiger partial charge < -0.3 is 9.32 Å². The Morgan fingerprint density at radius 1 is 1.06 bits per heavy atom. The quantitative estimate of drug-likeness (QED) is 0.827. The molecule has 0 aliphatic carbocycles. The van der Waals surface area contributed by atoms with Crippen LogP contribution in [-0.2, 0) is 0 Å². The normalized spacial score (nSPS) is 10.3. The average Bonchev–Trinajstić information content (AvgIpc) is 2.43. The van der Waals surface area contributed by atoms with Gasteiger partial charge in [0.1, 0.15) is 12.0 Å². The maximum Gasteiger partial charge on any atom is 0.359 e. The summed E-state index contributed by atoms with van der Waals surface area (Å²) in [6.45, 7) is 5.63. The number of benzene rings is 1. The monoisotopic (exact) mass is 243 g/mol. The summed E-state index contributed by atoms with van der Waals surface area (Å²) in [5, 5.41) is 0. The Hall–Kier alpha value is -2.03. The number of anilines is 1. The standard InChI is InChI=1S/C15H17NO2/c1-3-16(4-2)14-10-13(11-18-15(14)17)12-8-6-5-7-9-12/h5-11H,3-4H2,1-2H3. The second-order valence-corrected chi connectivity index (χ2v) is 4.05. The van der Waals surface area contributed by atoms with Gasteiger partial charge in [0.2, 0.25) is 0 Å². The molecule has 0 amide bonds. The van der Waals surface area contributed by atoms with Crippen LogP contribution in [0.5, 0.6) is 0 Å². The lowest BCUT2D eigenvalue weighted by atomic mass is 10.1. The predicted octanol–water partition coefficient (Wildman–Crippen LogP) is 3.15. The van der Waals surface area contributed by atoms with Gasteiger partial charge in [0.15, 0.2) is 0 Å². The van der Waals surface area contributed by atoms with E-state index in [9.17, 15) is 4.79 Å². The van der Waals surface area contributed by atoms with Gasteiger partial charge in [-0.1, -0.05) is 30.3 Å². The minimum atomic E-state index is -0.279. The first-order chi connectivity index (χ1) is 8.76. The molecule has 3 nitrogen and oxygen atoms in total. The van der Waals surface area contributed by atoms with Crippen LogP contribution in [0.2, 0.25) is 0 Å². The first-order valence-electron chi connectivity index (χ1n) is 6.19.